The van der Waals surface area contributed by atoms with Gasteiger partial charge in [-0.15, -0.1) is 11.3 Å². The smallest absolute Gasteiger partial charge is 0.290 e. The van der Waals surface area contributed by atoms with Crippen LogP contribution in [0.25, 0.3) is 0 Å². The van der Waals surface area contributed by atoms with Gasteiger partial charge < -0.3 is 20.6 Å². The van der Waals surface area contributed by atoms with Gasteiger partial charge in [-0.2, -0.15) is 0 Å². The predicted octanol–water partition coefficient (Wildman–Crippen LogP) is 2.24. The second-order valence-electron chi connectivity index (χ2n) is 7.06. The van der Waals surface area contributed by atoms with Crippen LogP contribution < -0.4 is 21.8 Å². The van der Waals surface area contributed by atoms with Crippen LogP contribution in [-0.4, -0.2) is 44.8 Å². The summed E-state index contributed by atoms with van der Waals surface area (Å²) in [6, 6.07) is 4.29. The summed E-state index contributed by atoms with van der Waals surface area (Å²) >= 11 is 1.44. The van der Waals surface area contributed by atoms with Crippen LogP contribution in [0.1, 0.15) is 34.8 Å². The van der Waals surface area contributed by atoms with E-state index >= 15 is 0 Å². The maximum atomic E-state index is 12.9. The number of anilines is 3. The number of phenolic OH excluding ortho intramolecular Hbond substituents is 1. The number of nitrogens with one attached hydrogen (secondary N) is 3. The largest absolute Gasteiger partial charge is 0.505 e. The van der Waals surface area contributed by atoms with E-state index in [1.165, 1.54) is 35.4 Å². The first-order valence-corrected chi connectivity index (χ1v) is 10.4. The number of nitrogens with zero attached hydrogens (tertiary/aromatic N) is 3. The Labute approximate surface area is 182 Å². The third kappa shape index (κ3) is 4.45. The molecule has 2 aromatic heterocycles. The van der Waals surface area contributed by atoms with E-state index in [-0.39, 0.29) is 34.4 Å². The molecule has 164 valence electrons. The van der Waals surface area contributed by atoms with Crippen molar-refractivity contribution in [3.05, 3.63) is 61.1 Å². The van der Waals surface area contributed by atoms with Crippen molar-refractivity contribution >= 4 is 34.3 Å². The highest BCUT2D eigenvalue weighted by molar-refractivity contribution is 7.09. The Kier molecular flexibility index (Phi) is 6.44. The summed E-state index contributed by atoms with van der Waals surface area (Å²) < 4.78 is 1.05. The number of aromatic hydroxyl groups is 1. The number of carbonyl (C=O) groups excluding carboxylic acids is 1. The monoisotopic (exact) mass is 444 g/mol. The highest BCUT2D eigenvalue weighted by atomic mass is 32.1. The quantitative estimate of drug-likeness (QED) is 0.411. The maximum Gasteiger partial charge on any atom is 0.290 e. The van der Waals surface area contributed by atoms with Gasteiger partial charge in [-0.25, -0.2) is 4.98 Å². The van der Waals surface area contributed by atoms with Crippen molar-refractivity contribution in [1.82, 2.24) is 19.7 Å². The van der Waals surface area contributed by atoms with E-state index in [0.29, 0.717) is 6.42 Å². The molecule has 0 aliphatic carbocycles. The molecule has 3 aromatic rings. The van der Waals surface area contributed by atoms with Crippen molar-refractivity contribution in [3.8, 4) is 5.75 Å². The number of aryl methyl sites for hydroxylation is 1. The standard InChI is InChI=1S/C20H24N6O4S/c1-5-12(18-21-9-10-31-18)22-14-15(20(30)26(4)24-17(14)28)23-13-8-6-7-11(16(13)27)19(29)25(2)3/h6-10,12,22-23,27H,5H2,1-4H3,(H,24,28). The number of H-pyrrole nitrogens is 1. The molecule has 0 aliphatic rings. The maximum absolute atomic E-state index is 12.9. The lowest BCUT2D eigenvalue weighted by Gasteiger charge is -2.20. The van der Waals surface area contributed by atoms with E-state index in [9.17, 15) is 19.5 Å². The van der Waals surface area contributed by atoms with Crippen LogP contribution in [0.5, 0.6) is 5.75 Å². The summed E-state index contributed by atoms with van der Waals surface area (Å²) in [5.41, 5.74) is -0.861. The number of aromatic amines is 1. The molecule has 1 unspecified atom stereocenters. The number of phenols is 1. The molecule has 1 atom stereocenters. The number of thiazole rings is 1. The molecule has 10 nitrogen and oxygen atoms in total. The molecule has 1 aromatic carbocycles. The van der Waals surface area contributed by atoms with E-state index in [0.717, 1.165) is 9.69 Å². The molecule has 0 radical (unpaired) electrons. The van der Waals surface area contributed by atoms with E-state index in [1.807, 2.05) is 12.3 Å². The van der Waals surface area contributed by atoms with Gasteiger partial charge >= 0.3 is 0 Å². The van der Waals surface area contributed by atoms with Gasteiger partial charge in [0.2, 0.25) is 0 Å². The molecule has 0 aliphatic heterocycles. The number of benzene rings is 1. The van der Waals surface area contributed by atoms with Crippen LogP contribution in [0.4, 0.5) is 17.1 Å². The van der Waals surface area contributed by atoms with Crippen molar-refractivity contribution in [2.24, 2.45) is 7.05 Å². The molecule has 4 N–H and O–H groups in total. The number of carbonyl (C=O) groups is 1. The average Bonchev–Trinajstić information content (AvgIpc) is 3.27. The molecule has 2 heterocycles. The summed E-state index contributed by atoms with van der Waals surface area (Å²) in [5.74, 6) is -0.713. The van der Waals surface area contributed by atoms with Crippen LogP contribution in [0, 0.1) is 0 Å². The minimum atomic E-state index is -0.514. The molecule has 1 amide bonds. The van der Waals surface area contributed by atoms with Gasteiger partial charge in [0, 0.05) is 32.7 Å². The third-order valence-corrected chi connectivity index (χ3v) is 5.56. The second kappa shape index (κ2) is 9.04. The fraction of sp³-hybridized carbons (Fsp3) is 0.300. The van der Waals surface area contributed by atoms with Gasteiger partial charge in [0.15, 0.2) is 5.75 Å². The van der Waals surface area contributed by atoms with Gasteiger partial charge in [0.25, 0.3) is 17.0 Å². The van der Waals surface area contributed by atoms with Crippen molar-refractivity contribution < 1.29 is 9.90 Å². The zero-order valence-corrected chi connectivity index (χ0v) is 18.4. The van der Waals surface area contributed by atoms with Crippen LogP contribution in [0.2, 0.25) is 0 Å². The van der Waals surface area contributed by atoms with Gasteiger partial charge in [0.05, 0.1) is 17.3 Å². The number of aromatic nitrogens is 3. The number of rotatable bonds is 7. The minimum Gasteiger partial charge on any atom is -0.505 e. The Hall–Kier alpha value is -3.60. The van der Waals surface area contributed by atoms with Crippen LogP contribution in [0.3, 0.4) is 0 Å². The van der Waals surface area contributed by atoms with Crippen LogP contribution in [-0.2, 0) is 7.05 Å². The van der Waals surface area contributed by atoms with Gasteiger partial charge in [-0.05, 0) is 18.6 Å². The lowest BCUT2D eigenvalue weighted by atomic mass is 10.1. The molecule has 0 saturated carbocycles. The number of hydrogen-bond donors (Lipinski definition) is 4. The Balaban J connectivity index is 2.08. The fourth-order valence-electron chi connectivity index (χ4n) is 3.01. The van der Waals surface area contributed by atoms with Crippen LogP contribution in [0.15, 0.2) is 39.4 Å². The van der Waals surface area contributed by atoms with E-state index < -0.39 is 17.0 Å². The fourth-order valence-corrected chi connectivity index (χ4v) is 3.79. The Morgan fingerprint density at radius 2 is 2.06 bits per heavy atom. The molecule has 0 bridgehead atoms. The molecule has 11 heteroatoms. The SMILES string of the molecule is CCC(Nc1c(Nc2cccc(C(=O)N(C)C)c2O)c(=O)n(C)[nH]c1=O)c1nccs1. The van der Waals surface area contributed by atoms with Crippen molar-refractivity contribution in [2.75, 3.05) is 24.7 Å². The molecule has 31 heavy (non-hydrogen) atoms. The lowest BCUT2D eigenvalue weighted by molar-refractivity contribution is 0.0824. The number of hydrogen-bond acceptors (Lipinski definition) is 8. The number of amides is 1. The van der Waals surface area contributed by atoms with Crippen molar-refractivity contribution in [3.63, 3.8) is 0 Å². The molecular weight excluding hydrogens is 420 g/mol. The summed E-state index contributed by atoms with van der Waals surface area (Å²) in [6.07, 6.45) is 2.29. The van der Waals surface area contributed by atoms with Crippen molar-refractivity contribution in [1.29, 1.82) is 0 Å². The van der Waals surface area contributed by atoms with Gasteiger partial charge in [-0.1, -0.05) is 13.0 Å². The normalized spacial score (nSPS) is 11.7. The Morgan fingerprint density at radius 3 is 2.68 bits per heavy atom. The van der Waals surface area contributed by atoms with E-state index in [1.54, 1.807) is 26.4 Å². The Morgan fingerprint density at radius 1 is 1.32 bits per heavy atom. The summed E-state index contributed by atoms with van der Waals surface area (Å²) in [4.78, 5) is 43.5. The minimum absolute atomic E-state index is 0.0221. The zero-order chi connectivity index (χ0) is 22.7. The highest BCUT2D eigenvalue weighted by Crippen LogP contribution is 2.32. The highest BCUT2D eigenvalue weighted by Gasteiger charge is 2.22. The lowest BCUT2D eigenvalue weighted by Crippen LogP contribution is -2.32. The second-order valence-corrected chi connectivity index (χ2v) is 7.98. The third-order valence-electron chi connectivity index (χ3n) is 4.67. The molecule has 3 rings (SSSR count). The van der Waals surface area contributed by atoms with Gasteiger partial charge in [0.1, 0.15) is 16.4 Å². The van der Waals surface area contributed by atoms with Crippen LogP contribution >= 0.6 is 11.3 Å². The van der Waals surface area contributed by atoms with E-state index in [4.69, 9.17) is 0 Å². The first kappa shape index (κ1) is 22.1. The van der Waals surface area contributed by atoms with E-state index in [2.05, 4.69) is 20.7 Å². The molecule has 0 fully saturated rings. The topological polar surface area (TPSA) is 132 Å². The van der Waals surface area contributed by atoms with Crippen molar-refractivity contribution in [2.45, 2.75) is 19.4 Å². The van der Waals surface area contributed by atoms with Gasteiger partial charge in [-0.3, -0.25) is 24.2 Å². The summed E-state index contributed by atoms with van der Waals surface area (Å²) in [7, 11) is 4.56. The average molecular weight is 445 g/mol. The first-order chi connectivity index (χ1) is 14.7. The Bertz CT molecular complexity index is 1200. The number of para-hydroxylation sites is 1. The summed E-state index contributed by atoms with van der Waals surface area (Å²) in [6.45, 7) is 1.93. The molecule has 0 spiro atoms. The molecule has 0 saturated heterocycles. The first-order valence-electron chi connectivity index (χ1n) is 9.54. The summed E-state index contributed by atoms with van der Waals surface area (Å²) in [5, 5.41) is 21.7. The molecular formula is C20H24N6O4S. The predicted molar refractivity (Wildman–Crippen MR) is 120 cm³/mol. The zero-order valence-electron chi connectivity index (χ0n) is 17.6.